The van der Waals surface area contributed by atoms with Crippen molar-refractivity contribution in [3.8, 4) is 0 Å². The molecule has 0 amide bonds. The lowest BCUT2D eigenvalue weighted by atomic mass is 10.2. The maximum absolute atomic E-state index is 14.0. The van der Waals surface area contributed by atoms with Crippen LogP contribution in [0.15, 0.2) is 83.0 Å². The Hall–Kier alpha value is -2.99. The topological polar surface area (TPSA) is 47.8 Å². The second-order valence-electron chi connectivity index (χ2n) is 6.04. The van der Waals surface area contributed by atoms with Gasteiger partial charge in [0.2, 0.25) is 0 Å². The van der Waals surface area contributed by atoms with E-state index in [0.717, 1.165) is 5.56 Å². The Morgan fingerprint density at radius 3 is 2.63 bits per heavy atom. The molecule has 6 heteroatoms. The zero-order valence-electron chi connectivity index (χ0n) is 14.4. The van der Waals surface area contributed by atoms with Gasteiger partial charge in [-0.25, -0.2) is 9.37 Å². The van der Waals surface area contributed by atoms with E-state index in [0.29, 0.717) is 33.9 Å². The average Bonchev–Trinajstić information content (AvgIpc) is 2.71. The summed E-state index contributed by atoms with van der Waals surface area (Å²) in [4.78, 5) is 21.8. The number of fused-ring (bicyclic) bond motifs is 1. The summed E-state index contributed by atoms with van der Waals surface area (Å²) in [7, 11) is 0. The van der Waals surface area contributed by atoms with Crippen LogP contribution >= 0.6 is 11.8 Å². The summed E-state index contributed by atoms with van der Waals surface area (Å²) in [6.45, 7) is 0.365. The van der Waals surface area contributed by atoms with Crippen molar-refractivity contribution in [3.63, 3.8) is 0 Å². The number of thioether (sulfide) groups is 1. The lowest BCUT2D eigenvalue weighted by molar-refractivity contribution is 0.616. The van der Waals surface area contributed by atoms with E-state index in [1.807, 2.05) is 30.3 Å². The Morgan fingerprint density at radius 2 is 1.81 bits per heavy atom. The van der Waals surface area contributed by atoms with Gasteiger partial charge < -0.3 is 0 Å². The van der Waals surface area contributed by atoms with Gasteiger partial charge in [-0.05, 0) is 35.4 Å². The molecule has 0 bridgehead atoms. The molecule has 0 radical (unpaired) electrons. The predicted octanol–water partition coefficient (Wildman–Crippen LogP) is 4.27. The second-order valence-corrected chi connectivity index (χ2v) is 6.99. The molecule has 0 atom stereocenters. The lowest BCUT2D eigenvalue weighted by Gasteiger charge is -2.13. The van der Waals surface area contributed by atoms with Crippen molar-refractivity contribution < 1.29 is 4.39 Å². The maximum Gasteiger partial charge on any atom is 0.262 e. The van der Waals surface area contributed by atoms with Crippen molar-refractivity contribution in [1.82, 2.24) is 14.5 Å². The van der Waals surface area contributed by atoms with Crippen molar-refractivity contribution in [3.05, 3.63) is 100 Å². The van der Waals surface area contributed by atoms with Crippen molar-refractivity contribution in [2.75, 3.05) is 0 Å². The number of pyridine rings is 1. The summed E-state index contributed by atoms with van der Waals surface area (Å²) in [5, 5.41) is 1.13. The summed E-state index contributed by atoms with van der Waals surface area (Å²) in [6.07, 6.45) is 3.42. The van der Waals surface area contributed by atoms with Crippen LogP contribution in [-0.4, -0.2) is 14.5 Å². The van der Waals surface area contributed by atoms with Crippen LogP contribution in [0.3, 0.4) is 0 Å². The minimum Gasteiger partial charge on any atom is -0.283 e. The zero-order chi connectivity index (χ0) is 18.6. The first kappa shape index (κ1) is 17.4. The van der Waals surface area contributed by atoms with Gasteiger partial charge in [-0.3, -0.25) is 14.3 Å². The number of benzene rings is 2. The van der Waals surface area contributed by atoms with Gasteiger partial charge in [0.1, 0.15) is 5.82 Å². The monoisotopic (exact) mass is 377 g/mol. The molecule has 0 aliphatic carbocycles. The Bertz CT molecular complexity index is 1140. The van der Waals surface area contributed by atoms with E-state index >= 15 is 0 Å². The average molecular weight is 377 g/mol. The molecular formula is C21H16FN3OS. The lowest BCUT2D eigenvalue weighted by Crippen LogP contribution is -2.24. The van der Waals surface area contributed by atoms with Gasteiger partial charge in [0.25, 0.3) is 5.56 Å². The van der Waals surface area contributed by atoms with E-state index < -0.39 is 0 Å². The number of aromatic nitrogens is 3. The van der Waals surface area contributed by atoms with Crippen LogP contribution in [0.5, 0.6) is 0 Å². The van der Waals surface area contributed by atoms with Crippen LogP contribution in [0, 0.1) is 5.82 Å². The summed E-state index contributed by atoms with van der Waals surface area (Å²) in [5.74, 6) is 0.136. The Labute approximate surface area is 159 Å². The zero-order valence-corrected chi connectivity index (χ0v) is 15.2. The maximum atomic E-state index is 14.0. The third-order valence-corrected chi connectivity index (χ3v) is 5.23. The van der Waals surface area contributed by atoms with E-state index in [9.17, 15) is 9.18 Å². The van der Waals surface area contributed by atoms with Crippen molar-refractivity contribution in [2.24, 2.45) is 0 Å². The highest BCUT2D eigenvalue weighted by Gasteiger charge is 2.13. The summed E-state index contributed by atoms with van der Waals surface area (Å²) in [6, 6.07) is 17.7. The van der Waals surface area contributed by atoms with Gasteiger partial charge in [0.05, 0.1) is 17.4 Å². The minimum absolute atomic E-state index is 0.111. The highest BCUT2D eigenvalue weighted by molar-refractivity contribution is 7.98. The van der Waals surface area contributed by atoms with E-state index in [1.54, 1.807) is 41.2 Å². The van der Waals surface area contributed by atoms with Crippen LogP contribution in [0.4, 0.5) is 4.39 Å². The fraction of sp³-hybridized carbons (Fsp3) is 0.0952. The molecule has 0 saturated heterocycles. The molecule has 2 aromatic carbocycles. The molecule has 4 aromatic rings. The van der Waals surface area contributed by atoms with Crippen LogP contribution in [0.2, 0.25) is 0 Å². The molecule has 0 unspecified atom stereocenters. The molecule has 134 valence electrons. The van der Waals surface area contributed by atoms with E-state index in [4.69, 9.17) is 0 Å². The molecule has 0 aliphatic rings. The number of halogens is 1. The molecule has 0 fully saturated rings. The standard InChI is InChI=1S/C21H16FN3OS/c22-18-9-3-1-7-16(18)14-27-21-24-19-10-4-2-8-17(19)20(26)25(21)13-15-6-5-11-23-12-15/h1-12H,13-14H2. The number of nitrogens with zero attached hydrogens (tertiary/aromatic N) is 3. The fourth-order valence-corrected chi connectivity index (χ4v) is 3.81. The highest BCUT2D eigenvalue weighted by Crippen LogP contribution is 2.24. The first-order chi connectivity index (χ1) is 13.2. The number of hydrogen-bond donors (Lipinski definition) is 0. The number of rotatable bonds is 5. The van der Waals surface area contributed by atoms with Gasteiger partial charge in [-0.1, -0.05) is 48.2 Å². The molecule has 0 saturated carbocycles. The molecule has 0 spiro atoms. The van der Waals surface area contributed by atoms with E-state index in [2.05, 4.69) is 9.97 Å². The van der Waals surface area contributed by atoms with Crippen molar-refractivity contribution in [1.29, 1.82) is 0 Å². The van der Waals surface area contributed by atoms with Gasteiger partial charge in [-0.15, -0.1) is 0 Å². The van der Waals surface area contributed by atoms with Gasteiger partial charge >= 0.3 is 0 Å². The fourth-order valence-electron chi connectivity index (χ4n) is 2.83. The van der Waals surface area contributed by atoms with Crippen LogP contribution in [0.25, 0.3) is 10.9 Å². The first-order valence-electron chi connectivity index (χ1n) is 8.47. The SMILES string of the molecule is O=c1c2ccccc2nc(SCc2ccccc2F)n1Cc1cccnc1. The van der Waals surface area contributed by atoms with Gasteiger partial charge in [0, 0.05) is 18.1 Å². The minimum atomic E-state index is -0.257. The molecular weight excluding hydrogens is 361 g/mol. The summed E-state index contributed by atoms with van der Waals surface area (Å²) < 4.78 is 15.6. The largest absolute Gasteiger partial charge is 0.283 e. The Kier molecular flexibility index (Phi) is 4.98. The molecule has 4 rings (SSSR count). The Morgan fingerprint density at radius 1 is 1.00 bits per heavy atom. The van der Waals surface area contributed by atoms with Crippen LogP contribution < -0.4 is 5.56 Å². The van der Waals surface area contributed by atoms with E-state index in [-0.39, 0.29) is 11.4 Å². The quantitative estimate of drug-likeness (QED) is 0.385. The van der Waals surface area contributed by atoms with Crippen LogP contribution in [0.1, 0.15) is 11.1 Å². The smallest absolute Gasteiger partial charge is 0.262 e. The molecule has 0 N–H and O–H groups in total. The van der Waals surface area contributed by atoms with Gasteiger partial charge in [-0.2, -0.15) is 0 Å². The Balaban J connectivity index is 1.76. The van der Waals surface area contributed by atoms with E-state index in [1.165, 1.54) is 17.8 Å². The highest BCUT2D eigenvalue weighted by atomic mass is 32.2. The molecule has 0 aliphatic heterocycles. The molecule has 2 heterocycles. The van der Waals surface area contributed by atoms with Crippen LogP contribution in [-0.2, 0) is 12.3 Å². The molecule has 2 aromatic heterocycles. The molecule has 4 nitrogen and oxygen atoms in total. The number of para-hydroxylation sites is 1. The first-order valence-corrected chi connectivity index (χ1v) is 9.45. The third-order valence-electron chi connectivity index (χ3n) is 4.20. The van der Waals surface area contributed by atoms with Crippen molar-refractivity contribution in [2.45, 2.75) is 17.5 Å². The normalized spacial score (nSPS) is 11.0. The van der Waals surface area contributed by atoms with Crippen molar-refractivity contribution >= 4 is 22.7 Å². The summed E-state index contributed by atoms with van der Waals surface area (Å²) >= 11 is 1.35. The third kappa shape index (κ3) is 3.75. The molecule has 27 heavy (non-hydrogen) atoms. The summed E-state index contributed by atoms with van der Waals surface area (Å²) in [5.41, 5.74) is 2.02. The predicted molar refractivity (Wildman–Crippen MR) is 105 cm³/mol. The van der Waals surface area contributed by atoms with Gasteiger partial charge in [0.15, 0.2) is 5.16 Å². The second kappa shape index (κ2) is 7.72. The number of hydrogen-bond acceptors (Lipinski definition) is 4.